The van der Waals surface area contributed by atoms with Crippen molar-refractivity contribution < 1.29 is 23.8 Å². The summed E-state index contributed by atoms with van der Waals surface area (Å²) in [4.78, 5) is 23.4. The highest BCUT2D eigenvalue weighted by atomic mass is 35.5. The molecule has 1 aromatic carbocycles. The number of nitrogens with one attached hydrogen (secondary N) is 1. The molecule has 1 amide bonds. The molecule has 0 unspecified atom stereocenters. The fraction of sp³-hybridized carbons (Fsp3) is 0.529. The average molecular weight is 358 g/mol. The molecule has 0 heterocycles. The van der Waals surface area contributed by atoms with E-state index in [-0.39, 0.29) is 18.2 Å². The molecular formula is C17H24ClNO5. The highest BCUT2D eigenvalue weighted by molar-refractivity contribution is 6.34. The Labute approximate surface area is 147 Å². The summed E-state index contributed by atoms with van der Waals surface area (Å²) in [5.41, 5.74) is 0.372. The fourth-order valence-corrected chi connectivity index (χ4v) is 2.04. The number of alkyl carbamates (subject to hydrolysis) is 1. The largest absolute Gasteiger partial charge is 0.491 e. The van der Waals surface area contributed by atoms with Crippen molar-refractivity contribution in [1.82, 2.24) is 5.32 Å². The van der Waals surface area contributed by atoms with Gasteiger partial charge in [-0.25, -0.2) is 9.59 Å². The molecule has 0 saturated heterocycles. The number of hydrogen-bond acceptors (Lipinski definition) is 5. The highest BCUT2D eigenvalue weighted by Crippen LogP contribution is 2.27. The predicted octanol–water partition coefficient (Wildman–Crippen LogP) is 3.73. The van der Waals surface area contributed by atoms with E-state index in [0.717, 1.165) is 0 Å². The second-order valence-corrected chi connectivity index (χ2v) is 6.83. The van der Waals surface area contributed by atoms with E-state index >= 15 is 0 Å². The van der Waals surface area contributed by atoms with Crippen LogP contribution < -0.4 is 10.1 Å². The maximum Gasteiger partial charge on any atom is 0.407 e. The van der Waals surface area contributed by atoms with E-state index in [4.69, 9.17) is 25.8 Å². The Morgan fingerprint density at radius 3 is 2.46 bits per heavy atom. The van der Waals surface area contributed by atoms with Gasteiger partial charge in [0.05, 0.1) is 23.7 Å². The van der Waals surface area contributed by atoms with Crippen LogP contribution in [0.1, 0.15) is 43.6 Å². The quantitative estimate of drug-likeness (QED) is 0.813. The van der Waals surface area contributed by atoms with Gasteiger partial charge in [-0.3, -0.25) is 0 Å². The molecule has 0 fully saturated rings. The first-order chi connectivity index (χ1) is 11.0. The first kappa shape index (κ1) is 20.1. The summed E-state index contributed by atoms with van der Waals surface area (Å²) in [6, 6.07) is 2.95. The summed E-state index contributed by atoms with van der Waals surface area (Å²) in [5.74, 6) is -0.0661. The van der Waals surface area contributed by atoms with E-state index in [1.54, 1.807) is 40.7 Å². The minimum Gasteiger partial charge on any atom is -0.491 e. The fourth-order valence-electron chi connectivity index (χ4n) is 1.85. The molecule has 0 saturated carbocycles. The highest BCUT2D eigenvalue weighted by Gasteiger charge is 2.19. The molecule has 0 aliphatic rings. The molecule has 6 nitrogen and oxygen atoms in total. The van der Waals surface area contributed by atoms with E-state index in [0.29, 0.717) is 16.3 Å². The number of esters is 1. The van der Waals surface area contributed by atoms with E-state index in [9.17, 15) is 9.59 Å². The number of rotatable bonds is 5. The molecule has 0 bridgehead atoms. The monoisotopic (exact) mass is 357 g/mol. The Bertz CT molecular complexity index is 610. The summed E-state index contributed by atoms with van der Waals surface area (Å²) in [6.07, 6.45) is -0.513. The van der Waals surface area contributed by atoms with Gasteiger partial charge < -0.3 is 19.5 Å². The molecule has 1 rings (SSSR count). The molecule has 134 valence electrons. The lowest BCUT2D eigenvalue weighted by atomic mass is 10.1. The van der Waals surface area contributed by atoms with E-state index < -0.39 is 17.7 Å². The molecule has 0 aliphatic heterocycles. The van der Waals surface area contributed by atoms with Gasteiger partial charge in [0.25, 0.3) is 0 Å². The number of halogens is 1. The number of carbonyl (C=O) groups is 2. The third-order valence-corrected chi connectivity index (χ3v) is 3.40. The van der Waals surface area contributed by atoms with E-state index in [2.05, 4.69) is 5.32 Å². The van der Waals surface area contributed by atoms with E-state index in [1.165, 1.54) is 13.2 Å². The Morgan fingerprint density at radius 2 is 1.92 bits per heavy atom. The van der Waals surface area contributed by atoms with Crippen molar-refractivity contribution in [2.75, 3.05) is 13.7 Å². The lowest BCUT2D eigenvalue weighted by Gasteiger charge is -2.22. The van der Waals surface area contributed by atoms with Gasteiger partial charge in [0.15, 0.2) is 0 Å². The minimum atomic E-state index is -0.562. The third kappa shape index (κ3) is 6.28. The van der Waals surface area contributed by atoms with Crippen LogP contribution >= 0.6 is 11.6 Å². The molecule has 1 atom stereocenters. The molecule has 7 heteroatoms. The van der Waals surface area contributed by atoms with Gasteiger partial charge >= 0.3 is 12.1 Å². The zero-order valence-electron chi connectivity index (χ0n) is 14.9. The second kappa shape index (κ2) is 8.24. The van der Waals surface area contributed by atoms with Gasteiger partial charge in [-0.05, 0) is 52.3 Å². The first-order valence-electron chi connectivity index (χ1n) is 7.54. The topological polar surface area (TPSA) is 73.9 Å². The molecule has 24 heavy (non-hydrogen) atoms. The zero-order valence-corrected chi connectivity index (χ0v) is 15.6. The molecule has 1 N–H and O–H groups in total. The molecule has 1 aromatic rings. The SMILES string of the molecule is COC(=O)c1cc(OC[C@H](C)NC(=O)OC(C)(C)C)cc(C)c1Cl. The molecule has 0 aromatic heterocycles. The smallest absolute Gasteiger partial charge is 0.407 e. The van der Waals surface area contributed by atoms with Gasteiger partial charge in [0.2, 0.25) is 0 Å². The van der Waals surface area contributed by atoms with Gasteiger partial charge in [-0.2, -0.15) is 0 Å². The van der Waals surface area contributed by atoms with E-state index in [1.807, 2.05) is 0 Å². The Hall–Kier alpha value is -1.95. The van der Waals surface area contributed by atoms with Crippen LogP contribution in [0.3, 0.4) is 0 Å². The summed E-state index contributed by atoms with van der Waals surface area (Å²) < 4.78 is 15.5. The molecule has 0 radical (unpaired) electrons. The van der Waals surface area contributed by atoms with Crippen molar-refractivity contribution in [3.8, 4) is 5.75 Å². The van der Waals surface area contributed by atoms with Gasteiger partial charge in [-0.15, -0.1) is 0 Å². The van der Waals surface area contributed by atoms with Crippen molar-refractivity contribution in [2.24, 2.45) is 0 Å². The summed E-state index contributed by atoms with van der Waals surface area (Å²) in [5, 5.41) is 3.01. The second-order valence-electron chi connectivity index (χ2n) is 6.45. The van der Waals surface area contributed by atoms with Gasteiger partial charge in [-0.1, -0.05) is 11.6 Å². The number of amides is 1. The van der Waals surface area contributed by atoms with Gasteiger partial charge in [0, 0.05) is 0 Å². The lowest BCUT2D eigenvalue weighted by molar-refractivity contribution is 0.0493. The summed E-state index contributed by atoms with van der Waals surface area (Å²) >= 11 is 6.10. The van der Waals surface area contributed by atoms with Crippen LogP contribution in [-0.2, 0) is 9.47 Å². The number of benzene rings is 1. The number of hydrogen-bond donors (Lipinski definition) is 1. The van der Waals surface area contributed by atoms with Crippen LogP contribution in [0.2, 0.25) is 5.02 Å². The predicted molar refractivity (Wildman–Crippen MR) is 91.9 cm³/mol. The Balaban J connectivity index is 2.69. The standard InChI is InChI=1S/C17H24ClNO5/c1-10-7-12(8-13(14(10)18)15(20)22-6)23-9-11(2)19-16(21)24-17(3,4)5/h7-8,11H,9H2,1-6H3,(H,19,21)/t11-/m0/s1. The van der Waals surface area contributed by atoms with Crippen molar-refractivity contribution in [3.05, 3.63) is 28.3 Å². The number of methoxy groups -OCH3 is 1. The van der Waals surface area contributed by atoms with Crippen molar-refractivity contribution in [1.29, 1.82) is 0 Å². The van der Waals surface area contributed by atoms with Gasteiger partial charge in [0.1, 0.15) is 18.0 Å². The van der Waals surface area contributed by atoms with Crippen LogP contribution in [0, 0.1) is 6.92 Å². The Morgan fingerprint density at radius 1 is 1.29 bits per heavy atom. The summed E-state index contributed by atoms with van der Waals surface area (Å²) in [7, 11) is 1.29. The maximum absolute atomic E-state index is 11.7. The molecule has 0 aliphatic carbocycles. The minimum absolute atomic E-state index is 0.209. The number of carbonyl (C=O) groups excluding carboxylic acids is 2. The summed E-state index contributed by atoms with van der Waals surface area (Å²) in [6.45, 7) is 9.13. The maximum atomic E-state index is 11.7. The van der Waals surface area contributed by atoms with Crippen LogP contribution in [0.4, 0.5) is 4.79 Å². The van der Waals surface area contributed by atoms with Crippen molar-refractivity contribution in [2.45, 2.75) is 46.3 Å². The van der Waals surface area contributed by atoms with Crippen molar-refractivity contribution in [3.63, 3.8) is 0 Å². The molecule has 0 spiro atoms. The molecular weight excluding hydrogens is 334 g/mol. The Kier molecular flexibility index (Phi) is 6.90. The van der Waals surface area contributed by atoms with Crippen LogP contribution in [0.5, 0.6) is 5.75 Å². The number of aryl methyl sites for hydroxylation is 1. The number of ether oxygens (including phenoxy) is 3. The lowest BCUT2D eigenvalue weighted by Crippen LogP contribution is -2.40. The normalized spacial score (nSPS) is 12.3. The van der Waals surface area contributed by atoms with Crippen molar-refractivity contribution >= 4 is 23.7 Å². The zero-order chi connectivity index (χ0) is 18.5. The first-order valence-corrected chi connectivity index (χ1v) is 7.92. The van der Waals surface area contributed by atoms with Crippen LogP contribution in [0.15, 0.2) is 12.1 Å². The third-order valence-electron chi connectivity index (χ3n) is 2.90. The van der Waals surface area contributed by atoms with Crippen LogP contribution in [0.25, 0.3) is 0 Å². The average Bonchev–Trinajstić information content (AvgIpc) is 2.45. The van der Waals surface area contributed by atoms with Crippen LogP contribution in [-0.4, -0.2) is 37.4 Å².